The normalized spacial score (nSPS) is 40.1. The number of fused-ring (bicyclic) bond motifs is 5. The molecule has 4 fully saturated rings. The van der Waals surface area contributed by atoms with Gasteiger partial charge in [-0.1, -0.05) is 34.6 Å². The van der Waals surface area contributed by atoms with E-state index in [4.69, 9.17) is 9.47 Å². The fourth-order valence-corrected chi connectivity index (χ4v) is 10.3. The summed E-state index contributed by atoms with van der Waals surface area (Å²) in [6.45, 7) is 14.0. The van der Waals surface area contributed by atoms with E-state index >= 15 is 0 Å². The molecule has 1 amide bonds. The second-order valence-electron chi connectivity index (χ2n) is 15.2. The molecule has 0 aromatic heterocycles. The van der Waals surface area contributed by atoms with Gasteiger partial charge in [-0.25, -0.2) is 0 Å². The molecule has 0 bridgehead atoms. The van der Waals surface area contributed by atoms with E-state index in [1.54, 1.807) is 0 Å². The Morgan fingerprint density at radius 3 is 2.40 bits per heavy atom. The van der Waals surface area contributed by atoms with Gasteiger partial charge in [-0.2, -0.15) is 0 Å². The highest BCUT2D eigenvalue weighted by Crippen LogP contribution is 2.71. The van der Waals surface area contributed by atoms with E-state index in [0.29, 0.717) is 81.8 Å². The van der Waals surface area contributed by atoms with E-state index < -0.39 is 0 Å². The zero-order valence-corrected chi connectivity index (χ0v) is 27.3. The predicted molar refractivity (Wildman–Crippen MR) is 165 cm³/mol. The predicted octanol–water partition coefficient (Wildman–Crippen LogP) is 5.69. The maximum Gasteiger partial charge on any atom is 0.220 e. The standard InChI is InChI=1S/C35H61NO6/c1-6-25(37)8-7-18-41-20-21-42-19-17-36-32(40)12-9-24(2)28-10-11-29-27-14-15-33(3)23-26(38)13-16-34(33,4)30(27)22-31(39)35(28,29)5/h24,26-31,38-39H,6-23H2,1-5H3,(H,36,40)/t24-,26-,27+,28?,29+,30+,31+,33-,34-,35-/m1/s1. The molecule has 4 saturated carbocycles. The number of hydrogen-bond donors (Lipinski definition) is 3. The average molecular weight is 592 g/mol. The Morgan fingerprint density at radius 1 is 0.929 bits per heavy atom. The number of aliphatic hydroxyl groups excluding tert-OH is 2. The molecule has 0 aliphatic heterocycles. The largest absolute Gasteiger partial charge is 0.393 e. The molecule has 42 heavy (non-hydrogen) atoms. The minimum Gasteiger partial charge on any atom is -0.393 e. The van der Waals surface area contributed by atoms with E-state index in [-0.39, 0.29) is 40.1 Å². The van der Waals surface area contributed by atoms with E-state index in [9.17, 15) is 19.8 Å². The zero-order chi connectivity index (χ0) is 30.5. The molecule has 0 aromatic carbocycles. The first-order valence-corrected chi connectivity index (χ1v) is 17.3. The maximum absolute atomic E-state index is 12.6. The number of amides is 1. The summed E-state index contributed by atoms with van der Waals surface area (Å²) in [5.41, 5.74) is 0.302. The molecule has 7 nitrogen and oxygen atoms in total. The van der Waals surface area contributed by atoms with E-state index in [1.807, 2.05) is 6.92 Å². The van der Waals surface area contributed by atoms with Crippen LogP contribution < -0.4 is 5.32 Å². The number of aliphatic hydroxyl groups is 2. The van der Waals surface area contributed by atoms with Crippen LogP contribution in [0.3, 0.4) is 0 Å². The van der Waals surface area contributed by atoms with Crippen LogP contribution in [-0.2, 0) is 19.1 Å². The van der Waals surface area contributed by atoms with Crippen molar-refractivity contribution in [2.45, 2.75) is 130 Å². The van der Waals surface area contributed by atoms with E-state index in [0.717, 1.165) is 44.9 Å². The summed E-state index contributed by atoms with van der Waals surface area (Å²) in [6.07, 6.45) is 11.4. The van der Waals surface area contributed by atoms with Crippen molar-refractivity contribution in [3.05, 3.63) is 0 Å². The molecule has 0 spiro atoms. The first-order valence-electron chi connectivity index (χ1n) is 17.3. The van der Waals surface area contributed by atoms with Gasteiger partial charge >= 0.3 is 0 Å². The summed E-state index contributed by atoms with van der Waals surface area (Å²) in [6, 6.07) is 0. The minimum atomic E-state index is -0.293. The highest BCUT2D eigenvalue weighted by atomic mass is 16.5. The summed E-state index contributed by atoms with van der Waals surface area (Å²) < 4.78 is 11.1. The third-order valence-electron chi connectivity index (χ3n) is 13.1. The molecule has 0 radical (unpaired) electrons. The topological polar surface area (TPSA) is 105 Å². The van der Waals surface area contributed by atoms with Crippen LogP contribution in [0.25, 0.3) is 0 Å². The van der Waals surface area contributed by atoms with Crippen molar-refractivity contribution in [2.24, 2.45) is 45.8 Å². The smallest absolute Gasteiger partial charge is 0.220 e. The molecule has 10 atom stereocenters. The number of ether oxygens (including phenoxy) is 2. The van der Waals surface area contributed by atoms with Gasteiger partial charge < -0.3 is 25.0 Å². The maximum atomic E-state index is 12.6. The monoisotopic (exact) mass is 591 g/mol. The molecule has 1 unspecified atom stereocenters. The van der Waals surface area contributed by atoms with Gasteiger partial charge in [0.05, 0.1) is 32.0 Å². The van der Waals surface area contributed by atoms with E-state index in [2.05, 4.69) is 33.0 Å². The first kappa shape index (κ1) is 33.9. The summed E-state index contributed by atoms with van der Waals surface area (Å²) in [5, 5.41) is 25.3. The van der Waals surface area contributed by atoms with Crippen molar-refractivity contribution in [2.75, 3.05) is 33.0 Å². The van der Waals surface area contributed by atoms with E-state index in [1.165, 1.54) is 19.3 Å². The van der Waals surface area contributed by atoms with Crippen LogP contribution in [0.5, 0.6) is 0 Å². The van der Waals surface area contributed by atoms with Gasteiger partial charge in [0.15, 0.2) is 0 Å². The molecule has 3 N–H and O–H groups in total. The Labute approximate surface area is 255 Å². The van der Waals surface area contributed by atoms with Crippen LogP contribution in [0, 0.1) is 45.8 Å². The number of ketones is 1. The summed E-state index contributed by atoms with van der Waals surface area (Å²) in [7, 11) is 0. The Bertz CT molecular complexity index is 912. The summed E-state index contributed by atoms with van der Waals surface area (Å²) >= 11 is 0. The molecule has 0 heterocycles. The Balaban J connectivity index is 1.18. The van der Waals surface area contributed by atoms with Crippen LogP contribution in [0.2, 0.25) is 0 Å². The Morgan fingerprint density at radius 2 is 1.67 bits per heavy atom. The van der Waals surface area contributed by atoms with Crippen molar-refractivity contribution in [3.63, 3.8) is 0 Å². The molecule has 4 aliphatic rings. The fourth-order valence-electron chi connectivity index (χ4n) is 10.3. The first-order chi connectivity index (χ1) is 20.0. The van der Waals surface area contributed by atoms with Crippen molar-refractivity contribution >= 4 is 11.7 Å². The van der Waals surface area contributed by atoms with Gasteiger partial charge in [0.2, 0.25) is 5.91 Å². The third kappa shape index (κ3) is 6.94. The lowest BCUT2D eigenvalue weighted by molar-refractivity contribution is -0.201. The highest BCUT2D eigenvalue weighted by Gasteiger charge is 2.66. The Hall–Kier alpha value is -1.02. The van der Waals surface area contributed by atoms with Crippen molar-refractivity contribution in [3.8, 4) is 0 Å². The van der Waals surface area contributed by atoms with Gasteiger partial charge in [0.25, 0.3) is 0 Å². The van der Waals surface area contributed by atoms with Crippen molar-refractivity contribution in [1.29, 1.82) is 0 Å². The number of carbonyl (C=O) groups excluding carboxylic acids is 2. The molecule has 4 rings (SSSR count). The lowest BCUT2D eigenvalue weighted by Gasteiger charge is -2.66. The van der Waals surface area contributed by atoms with Gasteiger partial charge in [-0.15, -0.1) is 0 Å². The second-order valence-corrected chi connectivity index (χ2v) is 15.2. The molecule has 4 aliphatic carbocycles. The molecule has 0 aromatic rings. The third-order valence-corrected chi connectivity index (χ3v) is 13.1. The number of carbonyl (C=O) groups is 2. The fraction of sp³-hybridized carbons (Fsp3) is 0.943. The Kier molecular flexibility index (Phi) is 11.6. The molecular weight excluding hydrogens is 530 g/mol. The molecule has 242 valence electrons. The van der Waals surface area contributed by atoms with Crippen LogP contribution in [0.1, 0.15) is 118 Å². The van der Waals surface area contributed by atoms with Gasteiger partial charge in [0, 0.05) is 32.4 Å². The zero-order valence-electron chi connectivity index (χ0n) is 27.3. The number of rotatable bonds is 15. The van der Waals surface area contributed by atoms with Crippen molar-refractivity contribution < 1.29 is 29.3 Å². The highest BCUT2D eigenvalue weighted by molar-refractivity contribution is 5.77. The molecule has 0 saturated heterocycles. The van der Waals surface area contributed by atoms with Gasteiger partial charge in [0.1, 0.15) is 5.78 Å². The number of nitrogens with one attached hydrogen (secondary N) is 1. The molecular formula is C35H61NO6. The lowest BCUT2D eigenvalue weighted by Crippen LogP contribution is -2.61. The number of hydrogen-bond acceptors (Lipinski definition) is 6. The van der Waals surface area contributed by atoms with Crippen LogP contribution in [0.4, 0.5) is 0 Å². The SMILES string of the molecule is CCC(=O)CCCOCCOCCNC(=O)CC[C@@H](C)C1CC[C@H]2[C@@H]3CC[C@]4(C)C[C@H](O)CC[C@]4(C)[C@H]3C[C@H](O)[C@]12C. The number of Topliss-reactive ketones (excluding diaryl/α,β-unsaturated/α-hetero) is 1. The van der Waals surface area contributed by atoms with Crippen LogP contribution in [0.15, 0.2) is 0 Å². The van der Waals surface area contributed by atoms with Crippen molar-refractivity contribution in [1.82, 2.24) is 5.32 Å². The lowest BCUT2D eigenvalue weighted by atomic mass is 9.39. The summed E-state index contributed by atoms with van der Waals surface area (Å²) in [4.78, 5) is 23.9. The van der Waals surface area contributed by atoms with Crippen LogP contribution in [-0.4, -0.2) is 67.1 Å². The second kappa shape index (κ2) is 14.4. The minimum absolute atomic E-state index is 0.0726. The quantitative estimate of drug-likeness (QED) is 0.211. The molecule has 7 heteroatoms. The van der Waals surface area contributed by atoms with Gasteiger partial charge in [-0.3, -0.25) is 9.59 Å². The van der Waals surface area contributed by atoms with Crippen LogP contribution >= 0.6 is 0 Å². The van der Waals surface area contributed by atoms with Gasteiger partial charge in [-0.05, 0) is 110 Å². The summed E-state index contributed by atoms with van der Waals surface area (Å²) in [5.74, 6) is 2.96. The average Bonchev–Trinajstić information content (AvgIpc) is 3.32.